The quantitative estimate of drug-likeness (QED) is 0.748. The first-order valence-corrected chi connectivity index (χ1v) is 9.81. The van der Waals surface area contributed by atoms with E-state index in [1.54, 1.807) is 4.90 Å². The zero-order chi connectivity index (χ0) is 19.0. The standard InChI is InChI=1S/C21H21N3O2S/c1-13-8-14(2)19-17(9-13)27-21(22-19)23-20(26)16-10-18(25)24(12-16)11-15-6-4-3-5-7-15/h3-9,16H,10-12H2,1-2H3,(H,22,23,26). The first-order chi connectivity index (χ1) is 13.0. The number of aryl methyl sites for hydroxylation is 2. The van der Waals surface area contributed by atoms with E-state index < -0.39 is 0 Å². The highest BCUT2D eigenvalue weighted by Crippen LogP contribution is 2.30. The summed E-state index contributed by atoms with van der Waals surface area (Å²) in [7, 11) is 0. The molecule has 0 bridgehead atoms. The van der Waals surface area contributed by atoms with Crippen molar-refractivity contribution in [3.8, 4) is 0 Å². The molecule has 2 heterocycles. The maximum absolute atomic E-state index is 12.7. The number of thiazole rings is 1. The van der Waals surface area contributed by atoms with Gasteiger partial charge in [0.15, 0.2) is 5.13 Å². The third-order valence-corrected chi connectivity index (χ3v) is 5.78. The molecule has 2 amide bonds. The Morgan fingerprint density at radius 3 is 2.81 bits per heavy atom. The molecular weight excluding hydrogens is 358 g/mol. The van der Waals surface area contributed by atoms with Crippen molar-refractivity contribution in [2.75, 3.05) is 11.9 Å². The number of carbonyl (C=O) groups is 2. The molecule has 1 unspecified atom stereocenters. The van der Waals surface area contributed by atoms with Gasteiger partial charge < -0.3 is 10.2 Å². The summed E-state index contributed by atoms with van der Waals surface area (Å²) in [5, 5.41) is 3.51. The van der Waals surface area contributed by atoms with Gasteiger partial charge in [0.25, 0.3) is 0 Å². The number of amides is 2. The van der Waals surface area contributed by atoms with Crippen molar-refractivity contribution in [3.63, 3.8) is 0 Å². The van der Waals surface area contributed by atoms with E-state index in [0.717, 1.165) is 21.3 Å². The van der Waals surface area contributed by atoms with Crippen molar-refractivity contribution in [2.45, 2.75) is 26.8 Å². The van der Waals surface area contributed by atoms with E-state index in [2.05, 4.69) is 29.4 Å². The van der Waals surface area contributed by atoms with Crippen LogP contribution in [0.4, 0.5) is 5.13 Å². The van der Waals surface area contributed by atoms with Gasteiger partial charge in [0.2, 0.25) is 11.8 Å². The van der Waals surface area contributed by atoms with Crippen molar-refractivity contribution < 1.29 is 9.59 Å². The number of rotatable bonds is 4. The lowest BCUT2D eigenvalue weighted by Crippen LogP contribution is -2.28. The lowest BCUT2D eigenvalue weighted by atomic mass is 10.1. The number of fused-ring (bicyclic) bond motifs is 1. The molecule has 27 heavy (non-hydrogen) atoms. The molecule has 0 saturated carbocycles. The number of hydrogen-bond donors (Lipinski definition) is 1. The van der Waals surface area contributed by atoms with E-state index >= 15 is 0 Å². The van der Waals surface area contributed by atoms with E-state index in [4.69, 9.17) is 0 Å². The summed E-state index contributed by atoms with van der Waals surface area (Å²) < 4.78 is 1.07. The third kappa shape index (κ3) is 3.71. The number of benzene rings is 2. The average molecular weight is 379 g/mol. The molecule has 138 valence electrons. The fraction of sp³-hybridized carbons (Fsp3) is 0.286. The normalized spacial score (nSPS) is 16.9. The van der Waals surface area contributed by atoms with Crippen LogP contribution in [0.1, 0.15) is 23.1 Å². The summed E-state index contributed by atoms with van der Waals surface area (Å²) in [6.45, 7) is 5.07. The molecule has 0 aliphatic carbocycles. The molecule has 4 rings (SSSR count). The van der Waals surface area contributed by atoms with Gasteiger partial charge in [-0.3, -0.25) is 9.59 Å². The first kappa shape index (κ1) is 17.7. The van der Waals surface area contributed by atoms with E-state index in [1.165, 1.54) is 16.9 Å². The highest BCUT2D eigenvalue weighted by atomic mass is 32.1. The second kappa shape index (κ2) is 7.12. The molecule has 0 spiro atoms. The Morgan fingerprint density at radius 2 is 2.04 bits per heavy atom. The Morgan fingerprint density at radius 1 is 1.26 bits per heavy atom. The maximum atomic E-state index is 12.7. The highest BCUT2D eigenvalue weighted by molar-refractivity contribution is 7.22. The first-order valence-electron chi connectivity index (χ1n) is 9.00. The zero-order valence-electron chi connectivity index (χ0n) is 15.4. The van der Waals surface area contributed by atoms with Gasteiger partial charge in [-0.25, -0.2) is 4.98 Å². The van der Waals surface area contributed by atoms with Gasteiger partial charge in [-0.05, 0) is 36.6 Å². The van der Waals surface area contributed by atoms with Crippen LogP contribution >= 0.6 is 11.3 Å². The number of aromatic nitrogens is 1. The molecule has 3 aromatic rings. The number of carbonyl (C=O) groups excluding carboxylic acids is 2. The summed E-state index contributed by atoms with van der Waals surface area (Å²) in [6, 6.07) is 14.0. The van der Waals surface area contributed by atoms with Crippen molar-refractivity contribution in [2.24, 2.45) is 5.92 Å². The maximum Gasteiger partial charge on any atom is 0.231 e. The highest BCUT2D eigenvalue weighted by Gasteiger charge is 2.34. The number of anilines is 1. The minimum atomic E-state index is -0.337. The smallest absolute Gasteiger partial charge is 0.231 e. The lowest BCUT2D eigenvalue weighted by molar-refractivity contribution is -0.128. The van der Waals surface area contributed by atoms with Crippen molar-refractivity contribution in [3.05, 3.63) is 59.2 Å². The van der Waals surface area contributed by atoms with Gasteiger partial charge in [0.1, 0.15) is 0 Å². The molecule has 1 aromatic heterocycles. The Hall–Kier alpha value is -2.73. The minimum Gasteiger partial charge on any atom is -0.338 e. The second-order valence-electron chi connectivity index (χ2n) is 7.10. The fourth-order valence-corrected chi connectivity index (χ4v) is 4.58. The Kier molecular flexibility index (Phi) is 4.66. The predicted octanol–water partition coefficient (Wildman–Crippen LogP) is 3.90. The molecule has 0 radical (unpaired) electrons. The Balaban J connectivity index is 1.44. The summed E-state index contributed by atoms with van der Waals surface area (Å²) in [4.78, 5) is 31.3. The number of likely N-dealkylation sites (tertiary alicyclic amines) is 1. The topological polar surface area (TPSA) is 62.3 Å². The lowest BCUT2D eigenvalue weighted by Gasteiger charge is -2.16. The number of hydrogen-bond acceptors (Lipinski definition) is 4. The van der Waals surface area contributed by atoms with Gasteiger partial charge in [-0.15, -0.1) is 0 Å². The average Bonchev–Trinajstić information content (AvgIpc) is 3.19. The van der Waals surface area contributed by atoms with Crippen LogP contribution in [0.15, 0.2) is 42.5 Å². The Bertz CT molecular complexity index is 1010. The van der Waals surface area contributed by atoms with Gasteiger partial charge in [-0.2, -0.15) is 0 Å². The molecule has 1 saturated heterocycles. The van der Waals surface area contributed by atoms with E-state index in [-0.39, 0.29) is 24.2 Å². The largest absolute Gasteiger partial charge is 0.338 e. The monoisotopic (exact) mass is 379 g/mol. The van der Waals surface area contributed by atoms with Crippen LogP contribution < -0.4 is 5.32 Å². The predicted molar refractivity (Wildman–Crippen MR) is 108 cm³/mol. The van der Waals surface area contributed by atoms with Crippen LogP contribution in [0.5, 0.6) is 0 Å². The van der Waals surface area contributed by atoms with E-state index in [0.29, 0.717) is 18.2 Å². The van der Waals surface area contributed by atoms with Gasteiger partial charge in [0, 0.05) is 19.5 Å². The fourth-order valence-electron chi connectivity index (χ4n) is 3.54. The van der Waals surface area contributed by atoms with Gasteiger partial charge >= 0.3 is 0 Å². The molecule has 5 nitrogen and oxygen atoms in total. The molecule has 1 aliphatic heterocycles. The van der Waals surface area contributed by atoms with Crippen LogP contribution in [0.25, 0.3) is 10.2 Å². The zero-order valence-corrected chi connectivity index (χ0v) is 16.2. The number of nitrogens with one attached hydrogen (secondary N) is 1. The molecule has 2 aromatic carbocycles. The molecule has 1 N–H and O–H groups in total. The molecular formula is C21H21N3O2S. The van der Waals surface area contributed by atoms with Crippen molar-refractivity contribution in [1.29, 1.82) is 0 Å². The van der Waals surface area contributed by atoms with E-state index in [1.807, 2.05) is 37.3 Å². The van der Waals surface area contributed by atoms with Crippen LogP contribution in [0.2, 0.25) is 0 Å². The van der Waals surface area contributed by atoms with Crippen LogP contribution in [0, 0.1) is 19.8 Å². The second-order valence-corrected chi connectivity index (χ2v) is 8.13. The summed E-state index contributed by atoms with van der Waals surface area (Å²) in [5.74, 6) is -0.446. The minimum absolute atomic E-state index is 0.0229. The molecule has 1 aliphatic rings. The number of nitrogens with zero attached hydrogens (tertiary/aromatic N) is 2. The molecule has 1 atom stereocenters. The van der Waals surface area contributed by atoms with Crippen LogP contribution in [0.3, 0.4) is 0 Å². The van der Waals surface area contributed by atoms with Gasteiger partial charge in [-0.1, -0.05) is 47.7 Å². The SMILES string of the molecule is Cc1cc(C)c2nc(NC(=O)C3CC(=O)N(Cc4ccccc4)C3)sc2c1. The summed E-state index contributed by atoms with van der Waals surface area (Å²) in [5.41, 5.74) is 4.28. The molecule has 1 fully saturated rings. The van der Waals surface area contributed by atoms with Gasteiger partial charge in [0.05, 0.1) is 16.1 Å². The van der Waals surface area contributed by atoms with Crippen LogP contribution in [-0.4, -0.2) is 28.2 Å². The van der Waals surface area contributed by atoms with Crippen molar-refractivity contribution >= 4 is 38.5 Å². The van der Waals surface area contributed by atoms with Crippen LogP contribution in [-0.2, 0) is 16.1 Å². The van der Waals surface area contributed by atoms with E-state index in [9.17, 15) is 9.59 Å². The Labute approximate surface area is 162 Å². The summed E-state index contributed by atoms with van der Waals surface area (Å²) >= 11 is 1.48. The molecule has 6 heteroatoms. The summed E-state index contributed by atoms with van der Waals surface area (Å²) in [6.07, 6.45) is 0.252. The van der Waals surface area contributed by atoms with Crippen molar-refractivity contribution in [1.82, 2.24) is 9.88 Å². The third-order valence-electron chi connectivity index (χ3n) is 4.86.